The van der Waals surface area contributed by atoms with Gasteiger partial charge in [0.15, 0.2) is 0 Å². The number of hydrazone groups is 1. The smallest absolute Gasteiger partial charge is 0.267 e. The van der Waals surface area contributed by atoms with Gasteiger partial charge in [-0.15, -0.1) is 0 Å². The number of amides is 1. The summed E-state index contributed by atoms with van der Waals surface area (Å²) in [5.41, 5.74) is 5.80. The summed E-state index contributed by atoms with van der Waals surface area (Å²) in [5, 5.41) is 4.78. The van der Waals surface area contributed by atoms with Gasteiger partial charge in [0, 0.05) is 17.3 Å². The van der Waals surface area contributed by atoms with Gasteiger partial charge in [0.2, 0.25) is 0 Å². The van der Waals surface area contributed by atoms with Crippen LogP contribution in [0.1, 0.15) is 21.6 Å². The minimum atomic E-state index is -0.249. The fraction of sp³-hybridized carbons (Fsp3) is 0.0500. The van der Waals surface area contributed by atoms with Crippen molar-refractivity contribution >= 4 is 29.1 Å². The number of benzene rings is 2. The van der Waals surface area contributed by atoms with Crippen LogP contribution in [-0.2, 0) is 0 Å². The lowest BCUT2D eigenvalue weighted by Gasteiger charge is -2.06. The summed E-state index contributed by atoms with van der Waals surface area (Å²) in [5.74, 6) is -0.249. The van der Waals surface area contributed by atoms with Gasteiger partial charge in [-0.3, -0.25) is 9.78 Å². The summed E-state index contributed by atoms with van der Waals surface area (Å²) in [7, 11) is 0. The molecule has 4 heteroatoms. The summed E-state index contributed by atoms with van der Waals surface area (Å²) in [4.78, 5) is 16.8. The number of fused-ring (bicyclic) bond motifs is 1. The summed E-state index contributed by atoms with van der Waals surface area (Å²) < 4.78 is 0. The second-order valence-electron chi connectivity index (χ2n) is 5.32. The van der Waals surface area contributed by atoms with E-state index >= 15 is 0 Å². The van der Waals surface area contributed by atoms with Gasteiger partial charge in [-0.25, -0.2) is 5.43 Å². The Kier molecular flexibility index (Phi) is 4.77. The van der Waals surface area contributed by atoms with Crippen molar-refractivity contribution in [1.29, 1.82) is 0 Å². The molecule has 0 aliphatic rings. The number of hydrogen-bond acceptors (Lipinski definition) is 3. The van der Waals surface area contributed by atoms with Crippen molar-refractivity contribution in [2.24, 2.45) is 5.10 Å². The second-order valence-corrected chi connectivity index (χ2v) is 5.32. The molecule has 3 aromatic rings. The lowest BCUT2D eigenvalue weighted by atomic mass is 10.1. The number of para-hydroxylation sites is 1. The Labute approximate surface area is 140 Å². The first-order valence-corrected chi connectivity index (χ1v) is 7.65. The molecule has 1 aromatic heterocycles. The quantitative estimate of drug-likeness (QED) is 0.585. The van der Waals surface area contributed by atoms with Gasteiger partial charge >= 0.3 is 0 Å². The number of carbonyl (C=O) groups is 1. The van der Waals surface area contributed by atoms with Gasteiger partial charge in [-0.2, -0.15) is 5.10 Å². The normalized spacial score (nSPS) is 11.4. The Balaban J connectivity index is 1.72. The van der Waals surface area contributed by atoms with Crippen LogP contribution in [0, 0.1) is 6.92 Å². The Bertz CT molecular complexity index is 915. The molecule has 0 spiro atoms. The number of nitrogens with zero attached hydrogens (tertiary/aromatic N) is 2. The molecule has 0 atom stereocenters. The number of carbonyl (C=O) groups excluding carboxylic acids is 1. The molecule has 3 rings (SSSR count). The highest BCUT2D eigenvalue weighted by Crippen LogP contribution is 2.17. The van der Waals surface area contributed by atoms with Gasteiger partial charge in [-0.1, -0.05) is 54.6 Å². The number of nitrogens with one attached hydrogen (secondary N) is 1. The first kappa shape index (κ1) is 15.6. The van der Waals surface area contributed by atoms with E-state index in [0.29, 0.717) is 5.56 Å². The van der Waals surface area contributed by atoms with E-state index in [2.05, 4.69) is 15.5 Å². The average molecular weight is 315 g/mol. The standard InChI is InChI=1S/C20H17N3O/c1-15-14-18(17-11-5-6-12-19(17)22-15)20(24)23-21-13-7-10-16-8-3-2-4-9-16/h2-14H,1H3,(H,23,24)/b10-7+,21-13-. The molecule has 2 aromatic carbocycles. The van der Waals surface area contributed by atoms with Crippen LogP contribution < -0.4 is 5.43 Å². The van der Waals surface area contributed by atoms with Crippen LogP contribution in [0.25, 0.3) is 17.0 Å². The van der Waals surface area contributed by atoms with Gasteiger partial charge in [0.25, 0.3) is 5.91 Å². The van der Waals surface area contributed by atoms with Gasteiger partial charge < -0.3 is 0 Å². The summed E-state index contributed by atoms with van der Waals surface area (Å²) in [6, 6.07) is 19.2. The summed E-state index contributed by atoms with van der Waals surface area (Å²) >= 11 is 0. The molecule has 1 heterocycles. The monoisotopic (exact) mass is 315 g/mol. The molecule has 118 valence electrons. The zero-order valence-corrected chi connectivity index (χ0v) is 13.3. The molecule has 0 bridgehead atoms. The third kappa shape index (κ3) is 3.73. The maximum absolute atomic E-state index is 12.4. The van der Waals surface area contributed by atoms with Gasteiger partial charge in [-0.05, 0) is 30.7 Å². The number of allylic oxidation sites excluding steroid dienone is 1. The van der Waals surface area contributed by atoms with E-state index in [4.69, 9.17) is 0 Å². The van der Waals surface area contributed by atoms with Gasteiger partial charge in [0.05, 0.1) is 11.1 Å². The zero-order valence-electron chi connectivity index (χ0n) is 13.3. The molecular formula is C20H17N3O. The molecule has 1 amide bonds. The SMILES string of the molecule is Cc1cc(C(=O)N/N=C\C=C\c2ccccc2)c2ccccc2n1. The number of aryl methyl sites for hydroxylation is 1. The van der Waals surface area contributed by atoms with E-state index in [1.807, 2.05) is 67.6 Å². The Morgan fingerprint density at radius 1 is 1.08 bits per heavy atom. The number of aromatic nitrogens is 1. The summed E-state index contributed by atoms with van der Waals surface area (Å²) in [6.07, 6.45) is 5.26. The van der Waals surface area contributed by atoms with Crippen LogP contribution >= 0.6 is 0 Å². The number of hydrogen-bond donors (Lipinski definition) is 1. The van der Waals surface area contributed by atoms with E-state index < -0.39 is 0 Å². The molecule has 1 N–H and O–H groups in total. The topological polar surface area (TPSA) is 54.4 Å². The minimum absolute atomic E-state index is 0.249. The van der Waals surface area contributed by atoms with E-state index in [-0.39, 0.29) is 5.91 Å². The predicted octanol–water partition coefficient (Wildman–Crippen LogP) is 3.97. The molecule has 24 heavy (non-hydrogen) atoms. The van der Waals surface area contributed by atoms with Crippen molar-refractivity contribution in [2.45, 2.75) is 6.92 Å². The molecule has 0 unspecified atom stereocenters. The minimum Gasteiger partial charge on any atom is -0.267 e. The second kappa shape index (κ2) is 7.33. The van der Waals surface area contributed by atoms with Crippen LogP contribution in [0.15, 0.2) is 71.8 Å². The molecule has 0 aliphatic carbocycles. The fourth-order valence-corrected chi connectivity index (χ4v) is 2.41. The third-order valence-corrected chi connectivity index (χ3v) is 3.50. The highest BCUT2D eigenvalue weighted by atomic mass is 16.2. The van der Waals surface area contributed by atoms with Crippen LogP contribution in [-0.4, -0.2) is 17.1 Å². The maximum Gasteiger partial charge on any atom is 0.272 e. The van der Waals surface area contributed by atoms with E-state index in [9.17, 15) is 4.79 Å². The van der Waals surface area contributed by atoms with Crippen molar-refractivity contribution in [3.8, 4) is 0 Å². The van der Waals surface area contributed by atoms with Crippen molar-refractivity contribution in [1.82, 2.24) is 10.4 Å². The zero-order chi connectivity index (χ0) is 16.8. The van der Waals surface area contributed by atoms with Crippen molar-refractivity contribution in [3.63, 3.8) is 0 Å². The average Bonchev–Trinajstić information content (AvgIpc) is 2.61. The highest BCUT2D eigenvalue weighted by Gasteiger charge is 2.10. The van der Waals surface area contributed by atoms with Crippen LogP contribution in [0.4, 0.5) is 0 Å². The van der Waals surface area contributed by atoms with Crippen molar-refractivity contribution in [3.05, 3.63) is 83.6 Å². The molecule has 0 radical (unpaired) electrons. The Hall–Kier alpha value is -3.27. The maximum atomic E-state index is 12.4. The third-order valence-electron chi connectivity index (χ3n) is 3.50. The molecule has 0 fully saturated rings. The molecular weight excluding hydrogens is 298 g/mol. The lowest BCUT2D eigenvalue weighted by molar-refractivity contribution is 0.0956. The first-order chi connectivity index (χ1) is 11.7. The number of rotatable bonds is 4. The van der Waals surface area contributed by atoms with E-state index in [1.165, 1.54) is 0 Å². The van der Waals surface area contributed by atoms with Gasteiger partial charge in [0.1, 0.15) is 0 Å². The summed E-state index contributed by atoms with van der Waals surface area (Å²) in [6.45, 7) is 1.87. The van der Waals surface area contributed by atoms with Crippen molar-refractivity contribution < 1.29 is 4.79 Å². The fourth-order valence-electron chi connectivity index (χ4n) is 2.41. The molecule has 4 nitrogen and oxygen atoms in total. The number of pyridine rings is 1. The molecule has 0 saturated heterocycles. The van der Waals surface area contributed by atoms with Crippen LogP contribution in [0.2, 0.25) is 0 Å². The Morgan fingerprint density at radius 2 is 1.83 bits per heavy atom. The Morgan fingerprint density at radius 3 is 2.67 bits per heavy atom. The first-order valence-electron chi connectivity index (χ1n) is 7.65. The van der Waals surface area contributed by atoms with Crippen LogP contribution in [0.5, 0.6) is 0 Å². The van der Waals surface area contributed by atoms with Crippen LogP contribution in [0.3, 0.4) is 0 Å². The highest BCUT2D eigenvalue weighted by molar-refractivity contribution is 6.06. The molecule has 0 saturated carbocycles. The largest absolute Gasteiger partial charge is 0.272 e. The lowest BCUT2D eigenvalue weighted by Crippen LogP contribution is -2.18. The molecule has 0 aliphatic heterocycles. The predicted molar refractivity (Wildman–Crippen MR) is 97.9 cm³/mol. The van der Waals surface area contributed by atoms with Crippen molar-refractivity contribution in [2.75, 3.05) is 0 Å². The van der Waals surface area contributed by atoms with E-state index in [1.54, 1.807) is 18.4 Å². The van der Waals surface area contributed by atoms with E-state index in [0.717, 1.165) is 22.2 Å².